The van der Waals surface area contributed by atoms with Crippen LogP contribution >= 0.6 is 11.3 Å². The highest BCUT2D eigenvalue weighted by Gasteiger charge is 2.29. The van der Waals surface area contributed by atoms with Crippen molar-refractivity contribution in [3.63, 3.8) is 0 Å². The number of likely N-dealkylation sites (tertiary alicyclic amines) is 1. The minimum atomic E-state index is -0.0254. The van der Waals surface area contributed by atoms with E-state index in [-0.39, 0.29) is 11.8 Å². The molecular formula is C19H17N7O2S. The summed E-state index contributed by atoms with van der Waals surface area (Å²) < 4.78 is 7.42. The molecule has 29 heavy (non-hydrogen) atoms. The van der Waals surface area contributed by atoms with Gasteiger partial charge in [0, 0.05) is 18.7 Å². The van der Waals surface area contributed by atoms with Crippen LogP contribution in [-0.2, 0) is 0 Å². The van der Waals surface area contributed by atoms with Gasteiger partial charge in [-0.25, -0.2) is 4.68 Å². The Bertz CT molecular complexity index is 1110. The van der Waals surface area contributed by atoms with Crippen LogP contribution in [0, 0.1) is 0 Å². The van der Waals surface area contributed by atoms with Gasteiger partial charge in [0.2, 0.25) is 5.89 Å². The maximum atomic E-state index is 13.1. The highest BCUT2D eigenvalue weighted by Crippen LogP contribution is 2.30. The van der Waals surface area contributed by atoms with Crippen LogP contribution < -0.4 is 0 Å². The molecule has 0 radical (unpaired) electrons. The molecule has 3 aromatic heterocycles. The fraction of sp³-hybridized carbons (Fsp3) is 0.263. The quantitative estimate of drug-likeness (QED) is 0.512. The van der Waals surface area contributed by atoms with Crippen LogP contribution in [-0.4, -0.2) is 54.3 Å². The highest BCUT2D eigenvalue weighted by atomic mass is 32.1. The number of hydrogen-bond donors (Lipinski definition) is 0. The number of piperidine rings is 1. The van der Waals surface area contributed by atoms with Crippen molar-refractivity contribution in [3.8, 4) is 16.5 Å². The average molecular weight is 407 g/mol. The lowest BCUT2D eigenvalue weighted by Gasteiger charge is -2.31. The SMILES string of the molecule is O=C(c1cccc(-n2cnnn2)c1)N1CCCC(c2nnc(-c3cccs3)o2)C1. The molecule has 1 aliphatic heterocycles. The van der Waals surface area contributed by atoms with Crippen LogP contribution in [0.3, 0.4) is 0 Å². The number of carbonyl (C=O) groups excluding carboxylic acids is 1. The molecule has 1 aliphatic rings. The molecule has 1 aromatic carbocycles. The first-order valence-corrected chi connectivity index (χ1v) is 10.2. The third-order valence-corrected chi connectivity index (χ3v) is 5.79. The number of nitrogens with zero attached hydrogens (tertiary/aromatic N) is 7. The predicted octanol–water partition coefficient (Wildman–Crippen LogP) is 2.79. The molecular weight excluding hydrogens is 390 g/mol. The molecule has 1 atom stereocenters. The summed E-state index contributed by atoms with van der Waals surface area (Å²) in [5.41, 5.74) is 1.34. The van der Waals surface area contributed by atoms with E-state index in [0.717, 1.165) is 23.4 Å². The Morgan fingerprint density at radius 1 is 1.21 bits per heavy atom. The molecule has 0 bridgehead atoms. The smallest absolute Gasteiger partial charge is 0.257 e. The summed E-state index contributed by atoms with van der Waals surface area (Å²) in [5, 5.41) is 21.5. The predicted molar refractivity (Wildman–Crippen MR) is 105 cm³/mol. The fourth-order valence-corrected chi connectivity index (χ4v) is 4.15. The molecule has 0 saturated carbocycles. The molecule has 4 heterocycles. The van der Waals surface area contributed by atoms with Crippen molar-refractivity contribution in [2.45, 2.75) is 18.8 Å². The van der Waals surface area contributed by atoms with Gasteiger partial charge in [0.15, 0.2) is 0 Å². The number of thiophene rings is 1. The summed E-state index contributed by atoms with van der Waals surface area (Å²) in [6, 6.07) is 11.2. The Morgan fingerprint density at radius 3 is 3.00 bits per heavy atom. The van der Waals surface area contributed by atoms with Gasteiger partial charge in [-0.1, -0.05) is 12.1 Å². The van der Waals surface area contributed by atoms with E-state index in [1.54, 1.807) is 23.5 Å². The van der Waals surface area contributed by atoms with E-state index in [4.69, 9.17) is 4.42 Å². The number of aromatic nitrogens is 6. The molecule has 1 amide bonds. The van der Waals surface area contributed by atoms with Crippen LogP contribution in [0.1, 0.15) is 35.0 Å². The molecule has 5 rings (SSSR count). The van der Waals surface area contributed by atoms with E-state index in [0.29, 0.717) is 30.4 Å². The topological polar surface area (TPSA) is 103 Å². The molecule has 10 heteroatoms. The van der Waals surface area contributed by atoms with Crippen molar-refractivity contribution >= 4 is 17.2 Å². The van der Waals surface area contributed by atoms with E-state index < -0.39 is 0 Å². The van der Waals surface area contributed by atoms with Crippen molar-refractivity contribution < 1.29 is 9.21 Å². The monoisotopic (exact) mass is 407 g/mol. The summed E-state index contributed by atoms with van der Waals surface area (Å²) in [7, 11) is 0. The molecule has 0 aliphatic carbocycles. The Kier molecular flexibility index (Phi) is 4.60. The summed E-state index contributed by atoms with van der Waals surface area (Å²) in [5.74, 6) is 1.14. The normalized spacial score (nSPS) is 16.8. The Morgan fingerprint density at radius 2 is 2.17 bits per heavy atom. The minimum absolute atomic E-state index is 0.0254. The first kappa shape index (κ1) is 17.7. The van der Waals surface area contributed by atoms with Crippen LogP contribution in [0.4, 0.5) is 0 Å². The zero-order valence-electron chi connectivity index (χ0n) is 15.4. The van der Waals surface area contributed by atoms with Gasteiger partial charge >= 0.3 is 0 Å². The lowest BCUT2D eigenvalue weighted by Crippen LogP contribution is -2.39. The first-order valence-electron chi connectivity index (χ1n) is 9.28. The largest absolute Gasteiger partial charge is 0.420 e. The summed E-state index contributed by atoms with van der Waals surface area (Å²) in [6.45, 7) is 1.26. The van der Waals surface area contributed by atoms with Gasteiger partial charge in [0.1, 0.15) is 6.33 Å². The molecule has 0 N–H and O–H groups in total. The Balaban J connectivity index is 1.33. The molecule has 1 fully saturated rings. The number of rotatable bonds is 4. The van der Waals surface area contributed by atoms with Crippen molar-refractivity contribution in [2.75, 3.05) is 13.1 Å². The number of amides is 1. The van der Waals surface area contributed by atoms with Crippen molar-refractivity contribution in [3.05, 3.63) is 59.6 Å². The molecule has 146 valence electrons. The maximum absolute atomic E-state index is 13.1. The number of carbonyl (C=O) groups is 1. The summed E-state index contributed by atoms with van der Waals surface area (Å²) in [4.78, 5) is 15.9. The third-order valence-electron chi connectivity index (χ3n) is 4.94. The van der Waals surface area contributed by atoms with Crippen molar-refractivity contribution in [1.82, 2.24) is 35.3 Å². The highest BCUT2D eigenvalue weighted by molar-refractivity contribution is 7.13. The summed E-state index contributed by atoms with van der Waals surface area (Å²) >= 11 is 1.56. The van der Waals surface area contributed by atoms with Crippen molar-refractivity contribution in [1.29, 1.82) is 0 Å². The van der Waals surface area contributed by atoms with E-state index in [2.05, 4.69) is 25.7 Å². The van der Waals surface area contributed by atoms with E-state index in [1.807, 2.05) is 34.5 Å². The first-order chi connectivity index (χ1) is 14.3. The fourth-order valence-electron chi connectivity index (χ4n) is 3.51. The number of benzene rings is 1. The lowest BCUT2D eigenvalue weighted by molar-refractivity contribution is 0.0698. The summed E-state index contributed by atoms with van der Waals surface area (Å²) in [6.07, 6.45) is 3.31. The second-order valence-corrected chi connectivity index (χ2v) is 7.77. The Hall–Kier alpha value is -3.40. The van der Waals surface area contributed by atoms with Gasteiger partial charge in [-0.05, 0) is 52.9 Å². The second kappa shape index (κ2) is 7.55. The minimum Gasteiger partial charge on any atom is -0.420 e. The Labute approximate surface area is 170 Å². The van der Waals surface area contributed by atoms with Crippen LogP contribution in [0.25, 0.3) is 16.5 Å². The van der Waals surface area contributed by atoms with Crippen LogP contribution in [0.15, 0.2) is 52.5 Å². The lowest BCUT2D eigenvalue weighted by atomic mass is 9.97. The standard InChI is InChI=1S/C19H17N7O2S/c27-19(13-4-1-6-15(10-13)26-12-20-23-24-26)25-8-2-5-14(11-25)17-21-22-18(28-17)16-7-3-9-29-16/h1,3-4,6-7,9-10,12,14H,2,5,8,11H2. The maximum Gasteiger partial charge on any atom is 0.257 e. The zero-order chi connectivity index (χ0) is 19.6. The van der Waals surface area contributed by atoms with E-state index in [9.17, 15) is 4.79 Å². The molecule has 1 saturated heterocycles. The number of hydrogen-bond acceptors (Lipinski definition) is 8. The van der Waals surface area contributed by atoms with Gasteiger partial charge in [-0.2, -0.15) is 0 Å². The molecule has 9 nitrogen and oxygen atoms in total. The zero-order valence-corrected chi connectivity index (χ0v) is 16.2. The van der Waals surface area contributed by atoms with E-state index in [1.165, 1.54) is 11.0 Å². The molecule has 1 unspecified atom stereocenters. The third kappa shape index (κ3) is 3.54. The van der Waals surface area contributed by atoms with Gasteiger partial charge in [0.25, 0.3) is 11.8 Å². The molecule has 0 spiro atoms. The van der Waals surface area contributed by atoms with Crippen LogP contribution in [0.5, 0.6) is 0 Å². The van der Waals surface area contributed by atoms with Gasteiger partial charge in [-0.15, -0.1) is 26.6 Å². The van der Waals surface area contributed by atoms with Gasteiger partial charge in [0.05, 0.1) is 16.5 Å². The van der Waals surface area contributed by atoms with E-state index >= 15 is 0 Å². The average Bonchev–Trinajstić information content (AvgIpc) is 3.55. The van der Waals surface area contributed by atoms with Crippen molar-refractivity contribution in [2.24, 2.45) is 0 Å². The second-order valence-electron chi connectivity index (χ2n) is 6.82. The van der Waals surface area contributed by atoms with Gasteiger partial charge < -0.3 is 9.32 Å². The van der Waals surface area contributed by atoms with Crippen LogP contribution in [0.2, 0.25) is 0 Å². The number of tetrazole rings is 1. The van der Waals surface area contributed by atoms with Gasteiger partial charge in [-0.3, -0.25) is 4.79 Å². The molecule has 4 aromatic rings.